The first-order valence-electron chi connectivity index (χ1n) is 10.3. The summed E-state index contributed by atoms with van der Waals surface area (Å²) in [6, 6.07) is 7.98. The van der Waals surface area contributed by atoms with E-state index in [1.54, 1.807) is 0 Å². The fourth-order valence-corrected chi connectivity index (χ4v) is 7.09. The highest BCUT2D eigenvalue weighted by molar-refractivity contribution is 6.37. The second kappa shape index (κ2) is 8.81. The van der Waals surface area contributed by atoms with Gasteiger partial charge in [0.2, 0.25) is 0 Å². The standard InChI is InChI=1S/C21H31F3OSi/c1-2-26-20-13-9-18(10-14-20)16-5-3-15(4-6-16)17-7-11-19(12-8-17)25-21(22,23)24/h7-8,11-12,15-16,18,20H,2-6,9-10,13-14,26H2,1H3/t15-,16-,18-,20-. The van der Waals surface area contributed by atoms with E-state index in [2.05, 4.69) is 11.7 Å². The van der Waals surface area contributed by atoms with Gasteiger partial charge >= 0.3 is 6.36 Å². The maximum Gasteiger partial charge on any atom is 0.573 e. The fraction of sp³-hybridized carbons (Fsp3) is 0.714. The molecule has 0 aliphatic heterocycles. The SMILES string of the molecule is CC[SiH2][C@H]1CC[C@H]([C@H]2CC[C@H](c3ccc(OC(F)(F)F)cc3)CC2)CC1. The second-order valence-electron chi connectivity index (χ2n) is 8.30. The summed E-state index contributed by atoms with van der Waals surface area (Å²) in [6.45, 7) is 2.35. The number of alkyl halides is 3. The molecule has 2 aliphatic carbocycles. The molecule has 0 amide bonds. The molecule has 5 heteroatoms. The first kappa shape index (κ1) is 19.8. The maximum absolute atomic E-state index is 12.3. The van der Waals surface area contributed by atoms with E-state index in [-0.39, 0.29) is 15.3 Å². The number of hydrogen-bond donors (Lipinski definition) is 0. The van der Waals surface area contributed by atoms with Crippen LogP contribution in [0.4, 0.5) is 13.2 Å². The summed E-state index contributed by atoms with van der Waals surface area (Å²) in [5.41, 5.74) is 2.26. The largest absolute Gasteiger partial charge is 0.573 e. The molecule has 146 valence electrons. The van der Waals surface area contributed by atoms with Crippen molar-refractivity contribution in [3.05, 3.63) is 29.8 Å². The number of hydrogen-bond acceptors (Lipinski definition) is 1. The van der Waals surface area contributed by atoms with E-state index in [0.717, 1.165) is 22.9 Å². The lowest BCUT2D eigenvalue weighted by Gasteiger charge is -2.38. The summed E-state index contributed by atoms with van der Waals surface area (Å²) in [5, 5.41) is 0. The van der Waals surface area contributed by atoms with Crippen molar-refractivity contribution < 1.29 is 17.9 Å². The Morgan fingerprint density at radius 1 is 0.885 bits per heavy atom. The lowest BCUT2D eigenvalue weighted by molar-refractivity contribution is -0.274. The highest BCUT2D eigenvalue weighted by Gasteiger charge is 2.32. The monoisotopic (exact) mass is 384 g/mol. The Bertz CT molecular complexity index is 541. The van der Waals surface area contributed by atoms with Gasteiger partial charge in [-0.15, -0.1) is 13.2 Å². The zero-order valence-electron chi connectivity index (χ0n) is 15.7. The van der Waals surface area contributed by atoms with E-state index in [1.165, 1.54) is 69.5 Å². The van der Waals surface area contributed by atoms with Crippen molar-refractivity contribution in [3.8, 4) is 5.75 Å². The summed E-state index contributed by atoms with van der Waals surface area (Å²) in [5.74, 6) is 2.18. The number of ether oxygens (including phenoxy) is 1. The average Bonchev–Trinajstić information content (AvgIpc) is 2.62. The van der Waals surface area contributed by atoms with Crippen molar-refractivity contribution in [3.63, 3.8) is 0 Å². The third-order valence-corrected chi connectivity index (χ3v) is 8.82. The predicted molar refractivity (Wildman–Crippen MR) is 103 cm³/mol. The second-order valence-corrected chi connectivity index (χ2v) is 11.0. The molecule has 26 heavy (non-hydrogen) atoms. The lowest BCUT2D eigenvalue weighted by Crippen LogP contribution is -2.25. The zero-order chi connectivity index (χ0) is 18.6. The Labute approximate surface area is 157 Å². The molecule has 2 aliphatic rings. The summed E-state index contributed by atoms with van der Waals surface area (Å²) in [7, 11) is 0.186. The summed E-state index contributed by atoms with van der Waals surface area (Å²) in [6.07, 6.45) is 6.14. The third-order valence-electron chi connectivity index (χ3n) is 6.61. The molecule has 3 rings (SSSR count). The van der Waals surface area contributed by atoms with E-state index in [4.69, 9.17) is 0 Å². The molecule has 0 spiro atoms. The Hall–Kier alpha value is -0.973. The molecular formula is C21H31F3OSi. The van der Waals surface area contributed by atoms with Gasteiger partial charge in [-0.3, -0.25) is 0 Å². The molecule has 0 atom stereocenters. The molecule has 0 saturated heterocycles. The molecule has 0 aromatic heterocycles. The minimum absolute atomic E-state index is 0.123. The van der Waals surface area contributed by atoms with Crippen LogP contribution < -0.4 is 4.74 Å². The molecule has 0 heterocycles. The first-order valence-corrected chi connectivity index (χ1v) is 12.1. The van der Waals surface area contributed by atoms with Gasteiger partial charge in [0.1, 0.15) is 5.75 Å². The predicted octanol–water partition coefficient (Wildman–Crippen LogP) is 6.44. The van der Waals surface area contributed by atoms with Crippen LogP contribution in [0.3, 0.4) is 0 Å². The smallest absolute Gasteiger partial charge is 0.406 e. The Morgan fingerprint density at radius 3 is 1.92 bits per heavy atom. The van der Waals surface area contributed by atoms with E-state index in [9.17, 15) is 13.2 Å². The van der Waals surface area contributed by atoms with Crippen molar-refractivity contribution in [2.75, 3.05) is 0 Å². The van der Waals surface area contributed by atoms with Crippen molar-refractivity contribution >= 4 is 9.52 Å². The number of benzene rings is 1. The molecule has 2 fully saturated rings. The van der Waals surface area contributed by atoms with Gasteiger partial charge in [0.25, 0.3) is 0 Å². The molecule has 0 bridgehead atoms. The van der Waals surface area contributed by atoms with Crippen LogP contribution in [-0.2, 0) is 0 Å². The van der Waals surface area contributed by atoms with Gasteiger partial charge in [0.05, 0.1) is 0 Å². The minimum atomic E-state index is -4.61. The average molecular weight is 385 g/mol. The quantitative estimate of drug-likeness (QED) is 0.530. The van der Waals surface area contributed by atoms with Crippen LogP contribution in [0.1, 0.15) is 69.8 Å². The molecule has 0 unspecified atom stereocenters. The molecule has 1 aromatic rings. The molecule has 1 nitrogen and oxygen atoms in total. The third kappa shape index (κ3) is 5.51. The lowest BCUT2D eigenvalue weighted by atomic mass is 9.70. The summed E-state index contributed by atoms with van der Waals surface area (Å²) < 4.78 is 40.8. The Morgan fingerprint density at radius 2 is 1.42 bits per heavy atom. The van der Waals surface area contributed by atoms with E-state index in [1.807, 2.05) is 12.1 Å². The van der Waals surface area contributed by atoms with Crippen LogP contribution in [0.25, 0.3) is 0 Å². The normalized spacial score (nSPS) is 30.6. The molecule has 0 radical (unpaired) electrons. The number of halogens is 3. The van der Waals surface area contributed by atoms with Crippen LogP contribution in [0.5, 0.6) is 5.75 Å². The van der Waals surface area contributed by atoms with Crippen molar-refractivity contribution in [1.29, 1.82) is 0 Å². The minimum Gasteiger partial charge on any atom is -0.406 e. The van der Waals surface area contributed by atoms with Gasteiger partial charge in [0, 0.05) is 9.52 Å². The maximum atomic E-state index is 12.3. The van der Waals surface area contributed by atoms with Gasteiger partial charge in [-0.2, -0.15) is 0 Å². The molecule has 2 saturated carbocycles. The number of rotatable bonds is 5. The first-order chi connectivity index (χ1) is 12.4. The highest BCUT2D eigenvalue weighted by atomic mass is 28.2. The summed E-state index contributed by atoms with van der Waals surface area (Å²) >= 11 is 0. The molecule has 1 aromatic carbocycles. The Balaban J connectivity index is 1.46. The van der Waals surface area contributed by atoms with Crippen LogP contribution in [0, 0.1) is 11.8 Å². The van der Waals surface area contributed by atoms with Crippen molar-refractivity contribution in [1.82, 2.24) is 0 Å². The van der Waals surface area contributed by atoms with E-state index in [0.29, 0.717) is 5.92 Å². The fourth-order valence-electron chi connectivity index (χ4n) is 5.22. The van der Waals surface area contributed by atoms with Crippen LogP contribution in [-0.4, -0.2) is 15.9 Å². The highest BCUT2D eigenvalue weighted by Crippen LogP contribution is 2.45. The zero-order valence-corrected chi connectivity index (χ0v) is 17.1. The Kier molecular flexibility index (Phi) is 6.70. The molecule has 0 N–H and O–H groups in total. The van der Waals surface area contributed by atoms with E-state index < -0.39 is 6.36 Å². The topological polar surface area (TPSA) is 9.23 Å². The van der Waals surface area contributed by atoms with Gasteiger partial charge < -0.3 is 4.74 Å². The van der Waals surface area contributed by atoms with Gasteiger partial charge in [-0.25, -0.2) is 0 Å². The van der Waals surface area contributed by atoms with Gasteiger partial charge in [0.15, 0.2) is 0 Å². The van der Waals surface area contributed by atoms with Gasteiger partial charge in [-0.05, 0) is 61.1 Å². The van der Waals surface area contributed by atoms with Crippen LogP contribution in [0.2, 0.25) is 11.6 Å². The van der Waals surface area contributed by atoms with E-state index >= 15 is 0 Å². The van der Waals surface area contributed by atoms with Crippen LogP contribution >= 0.6 is 0 Å². The summed E-state index contributed by atoms with van der Waals surface area (Å²) in [4.78, 5) is 0. The van der Waals surface area contributed by atoms with Crippen LogP contribution in [0.15, 0.2) is 24.3 Å². The molecular weight excluding hydrogens is 353 g/mol. The van der Waals surface area contributed by atoms with Crippen molar-refractivity contribution in [2.45, 2.75) is 82.2 Å². The van der Waals surface area contributed by atoms with Crippen molar-refractivity contribution in [2.24, 2.45) is 11.8 Å². The van der Waals surface area contributed by atoms with Gasteiger partial charge in [-0.1, -0.05) is 56.3 Å².